The fraction of sp³-hybridized carbons (Fsp3) is 0.588. The number of piperidine rings is 1. The van der Waals surface area contributed by atoms with E-state index in [4.69, 9.17) is 9.72 Å². The molecule has 1 aromatic heterocycles. The summed E-state index contributed by atoms with van der Waals surface area (Å²) in [6.45, 7) is 9.26. The number of imidazole rings is 1. The molecule has 3 unspecified atom stereocenters. The number of nitrogens with one attached hydrogen (secondary N) is 1. The van der Waals surface area contributed by atoms with Crippen molar-refractivity contribution in [3.8, 4) is 5.75 Å². The molecule has 0 amide bonds. The van der Waals surface area contributed by atoms with E-state index in [-0.39, 0.29) is 0 Å². The van der Waals surface area contributed by atoms with Gasteiger partial charge in [-0.3, -0.25) is 4.90 Å². The molecule has 0 bridgehead atoms. The summed E-state index contributed by atoms with van der Waals surface area (Å²) in [5.41, 5.74) is 2.06. The zero-order valence-electron chi connectivity index (χ0n) is 13.4. The zero-order valence-corrected chi connectivity index (χ0v) is 13.4. The normalized spacial score (nSPS) is 25.1. The molecular formula is C17H25N3O. The SMILES string of the molecule is COc1ccc2nc(C(C)N3CC(C)CC(C)C3)[nH]c2c1. The van der Waals surface area contributed by atoms with Gasteiger partial charge in [0, 0.05) is 19.2 Å². The van der Waals surface area contributed by atoms with Crippen LogP contribution in [0.4, 0.5) is 0 Å². The van der Waals surface area contributed by atoms with Crippen LogP contribution in [0.15, 0.2) is 18.2 Å². The van der Waals surface area contributed by atoms with Gasteiger partial charge in [0.05, 0.1) is 24.2 Å². The van der Waals surface area contributed by atoms with Crippen LogP contribution in [0.5, 0.6) is 5.75 Å². The number of rotatable bonds is 3. The molecule has 1 aliphatic rings. The van der Waals surface area contributed by atoms with E-state index in [9.17, 15) is 0 Å². The molecule has 2 aromatic rings. The van der Waals surface area contributed by atoms with Crippen LogP contribution in [0.25, 0.3) is 11.0 Å². The minimum atomic E-state index is 0.327. The van der Waals surface area contributed by atoms with Gasteiger partial charge in [0.1, 0.15) is 11.6 Å². The molecule has 4 nitrogen and oxygen atoms in total. The van der Waals surface area contributed by atoms with Crippen LogP contribution in [-0.2, 0) is 0 Å². The molecule has 1 N–H and O–H groups in total. The Bertz CT molecular complexity index is 612. The third-order valence-corrected chi connectivity index (χ3v) is 4.55. The Balaban J connectivity index is 1.85. The van der Waals surface area contributed by atoms with E-state index in [1.54, 1.807) is 7.11 Å². The minimum absolute atomic E-state index is 0.327. The molecule has 0 saturated carbocycles. The first kappa shape index (κ1) is 14.4. The number of fused-ring (bicyclic) bond motifs is 1. The maximum atomic E-state index is 5.28. The van der Waals surface area contributed by atoms with E-state index >= 15 is 0 Å². The highest BCUT2D eigenvalue weighted by atomic mass is 16.5. The van der Waals surface area contributed by atoms with Crippen molar-refractivity contribution in [2.75, 3.05) is 20.2 Å². The number of hydrogen-bond donors (Lipinski definition) is 1. The quantitative estimate of drug-likeness (QED) is 0.937. The molecule has 1 fully saturated rings. The van der Waals surface area contributed by atoms with Crippen LogP contribution in [-0.4, -0.2) is 35.1 Å². The maximum Gasteiger partial charge on any atom is 0.124 e. The van der Waals surface area contributed by atoms with Gasteiger partial charge in [0.15, 0.2) is 0 Å². The molecule has 1 saturated heterocycles. The number of ether oxygens (including phenoxy) is 1. The van der Waals surface area contributed by atoms with Crippen molar-refractivity contribution in [2.45, 2.75) is 33.2 Å². The first-order valence-electron chi connectivity index (χ1n) is 7.84. The van der Waals surface area contributed by atoms with Crippen molar-refractivity contribution in [2.24, 2.45) is 11.8 Å². The Labute approximate surface area is 126 Å². The summed E-state index contributed by atoms with van der Waals surface area (Å²) in [4.78, 5) is 10.8. The summed E-state index contributed by atoms with van der Waals surface area (Å²) in [6.07, 6.45) is 1.33. The summed E-state index contributed by atoms with van der Waals surface area (Å²) >= 11 is 0. The van der Waals surface area contributed by atoms with Gasteiger partial charge in [-0.25, -0.2) is 4.98 Å². The van der Waals surface area contributed by atoms with Crippen molar-refractivity contribution < 1.29 is 4.74 Å². The molecular weight excluding hydrogens is 262 g/mol. The molecule has 4 heteroatoms. The summed E-state index contributed by atoms with van der Waals surface area (Å²) in [5.74, 6) is 3.45. The Kier molecular flexibility index (Phi) is 3.89. The summed E-state index contributed by atoms with van der Waals surface area (Å²) < 4.78 is 5.28. The molecule has 3 atom stereocenters. The maximum absolute atomic E-state index is 5.28. The molecule has 0 spiro atoms. The van der Waals surface area contributed by atoms with Crippen molar-refractivity contribution in [1.82, 2.24) is 14.9 Å². The number of methoxy groups -OCH3 is 1. The average Bonchev–Trinajstić information content (AvgIpc) is 2.88. The van der Waals surface area contributed by atoms with Crippen LogP contribution in [0.1, 0.15) is 39.1 Å². The minimum Gasteiger partial charge on any atom is -0.497 e. The monoisotopic (exact) mass is 287 g/mol. The van der Waals surface area contributed by atoms with Gasteiger partial charge in [0.25, 0.3) is 0 Å². The van der Waals surface area contributed by atoms with E-state index in [0.717, 1.165) is 47.5 Å². The second kappa shape index (κ2) is 5.68. The van der Waals surface area contributed by atoms with Crippen LogP contribution in [0, 0.1) is 11.8 Å². The highest BCUT2D eigenvalue weighted by Crippen LogP contribution is 2.29. The second-order valence-electron chi connectivity index (χ2n) is 6.58. The number of likely N-dealkylation sites (tertiary alicyclic amines) is 1. The standard InChI is InChI=1S/C17H25N3O/c1-11-7-12(2)10-20(9-11)13(3)17-18-15-6-5-14(21-4)8-16(15)19-17/h5-6,8,11-13H,7,9-10H2,1-4H3,(H,18,19). The number of benzene rings is 1. The average molecular weight is 287 g/mol. The fourth-order valence-corrected chi connectivity index (χ4v) is 3.53. The van der Waals surface area contributed by atoms with E-state index in [0.29, 0.717) is 6.04 Å². The Morgan fingerprint density at radius 1 is 1.29 bits per heavy atom. The van der Waals surface area contributed by atoms with Crippen LogP contribution >= 0.6 is 0 Å². The Morgan fingerprint density at radius 3 is 2.67 bits per heavy atom. The van der Waals surface area contributed by atoms with Gasteiger partial charge >= 0.3 is 0 Å². The van der Waals surface area contributed by atoms with E-state index in [1.165, 1.54) is 6.42 Å². The lowest BCUT2D eigenvalue weighted by Crippen LogP contribution is -2.40. The first-order chi connectivity index (χ1) is 10.1. The zero-order chi connectivity index (χ0) is 15.0. The first-order valence-corrected chi connectivity index (χ1v) is 7.84. The highest BCUT2D eigenvalue weighted by molar-refractivity contribution is 5.76. The van der Waals surface area contributed by atoms with Crippen LogP contribution < -0.4 is 4.74 Å². The van der Waals surface area contributed by atoms with Gasteiger partial charge in [0.2, 0.25) is 0 Å². The number of hydrogen-bond acceptors (Lipinski definition) is 3. The largest absolute Gasteiger partial charge is 0.497 e. The van der Waals surface area contributed by atoms with Crippen LogP contribution in [0.2, 0.25) is 0 Å². The highest BCUT2D eigenvalue weighted by Gasteiger charge is 2.27. The molecule has 1 aliphatic heterocycles. The topological polar surface area (TPSA) is 41.1 Å². The molecule has 0 aliphatic carbocycles. The lowest BCUT2D eigenvalue weighted by molar-refractivity contribution is 0.0997. The smallest absolute Gasteiger partial charge is 0.124 e. The summed E-state index contributed by atoms with van der Waals surface area (Å²) in [7, 11) is 1.69. The van der Waals surface area contributed by atoms with E-state index < -0.39 is 0 Å². The van der Waals surface area contributed by atoms with Gasteiger partial charge in [-0.2, -0.15) is 0 Å². The Morgan fingerprint density at radius 2 is 2.00 bits per heavy atom. The summed E-state index contributed by atoms with van der Waals surface area (Å²) in [6, 6.07) is 6.32. The van der Waals surface area contributed by atoms with Crippen molar-refractivity contribution >= 4 is 11.0 Å². The number of nitrogens with zero attached hydrogens (tertiary/aromatic N) is 2. The fourth-order valence-electron chi connectivity index (χ4n) is 3.53. The third-order valence-electron chi connectivity index (χ3n) is 4.55. The molecule has 1 aromatic carbocycles. The lowest BCUT2D eigenvalue weighted by Gasteiger charge is -2.38. The predicted octanol–water partition coefficient (Wildman–Crippen LogP) is 3.61. The molecule has 114 valence electrons. The van der Waals surface area contributed by atoms with Gasteiger partial charge < -0.3 is 9.72 Å². The molecule has 2 heterocycles. The van der Waals surface area contributed by atoms with Crippen molar-refractivity contribution in [3.63, 3.8) is 0 Å². The van der Waals surface area contributed by atoms with Crippen molar-refractivity contribution in [1.29, 1.82) is 0 Å². The third kappa shape index (κ3) is 2.91. The predicted molar refractivity (Wildman–Crippen MR) is 85.6 cm³/mol. The lowest BCUT2D eigenvalue weighted by atomic mass is 9.91. The van der Waals surface area contributed by atoms with Gasteiger partial charge in [-0.1, -0.05) is 13.8 Å². The Hall–Kier alpha value is -1.55. The molecule has 3 rings (SSSR count). The van der Waals surface area contributed by atoms with Crippen molar-refractivity contribution in [3.05, 3.63) is 24.0 Å². The van der Waals surface area contributed by atoms with E-state index in [1.807, 2.05) is 18.2 Å². The summed E-state index contributed by atoms with van der Waals surface area (Å²) in [5, 5.41) is 0. The number of aromatic nitrogens is 2. The molecule has 21 heavy (non-hydrogen) atoms. The van der Waals surface area contributed by atoms with Crippen LogP contribution in [0.3, 0.4) is 0 Å². The van der Waals surface area contributed by atoms with E-state index in [2.05, 4.69) is 30.7 Å². The number of aromatic amines is 1. The number of H-pyrrole nitrogens is 1. The second-order valence-corrected chi connectivity index (χ2v) is 6.58. The van der Waals surface area contributed by atoms with Gasteiger partial charge in [-0.15, -0.1) is 0 Å². The molecule has 0 radical (unpaired) electrons. The van der Waals surface area contributed by atoms with Gasteiger partial charge in [-0.05, 0) is 37.3 Å².